The SMILES string of the molecule is COc1ccc(Br)c(C2C(C#N)=C(C)NC3=C2C(=O)CC(C)(C)C3)c1OC. The van der Waals surface area contributed by atoms with Gasteiger partial charge in [0.25, 0.3) is 0 Å². The van der Waals surface area contributed by atoms with Gasteiger partial charge in [-0.2, -0.15) is 5.26 Å². The van der Waals surface area contributed by atoms with E-state index in [1.165, 1.54) is 0 Å². The first kappa shape index (κ1) is 19.5. The lowest BCUT2D eigenvalue weighted by Gasteiger charge is -2.39. The molecule has 1 aromatic rings. The third-order valence-corrected chi connectivity index (χ3v) is 5.87. The molecule has 0 fully saturated rings. The van der Waals surface area contributed by atoms with E-state index in [2.05, 4.69) is 41.2 Å². The lowest BCUT2D eigenvalue weighted by atomic mass is 9.68. The first-order valence-corrected chi connectivity index (χ1v) is 9.58. The van der Waals surface area contributed by atoms with Crippen LogP contribution in [0.25, 0.3) is 0 Å². The number of nitriles is 1. The molecule has 3 rings (SSSR count). The summed E-state index contributed by atoms with van der Waals surface area (Å²) in [4.78, 5) is 13.1. The molecule has 0 saturated carbocycles. The molecule has 0 spiro atoms. The highest BCUT2D eigenvalue weighted by Gasteiger charge is 2.43. The van der Waals surface area contributed by atoms with Crippen molar-refractivity contribution < 1.29 is 14.3 Å². The number of carbonyl (C=O) groups is 1. The number of methoxy groups -OCH3 is 2. The quantitative estimate of drug-likeness (QED) is 0.758. The molecule has 27 heavy (non-hydrogen) atoms. The second kappa shape index (κ2) is 7.05. The van der Waals surface area contributed by atoms with Crippen molar-refractivity contribution in [2.24, 2.45) is 5.41 Å². The Kier molecular flexibility index (Phi) is 5.09. The highest BCUT2D eigenvalue weighted by atomic mass is 79.9. The summed E-state index contributed by atoms with van der Waals surface area (Å²) < 4.78 is 11.9. The summed E-state index contributed by atoms with van der Waals surface area (Å²) in [5.74, 6) is 0.670. The number of ketones is 1. The Morgan fingerprint density at radius 1 is 1.26 bits per heavy atom. The van der Waals surface area contributed by atoms with E-state index < -0.39 is 5.92 Å². The van der Waals surface area contributed by atoms with Crippen LogP contribution < -0.4 is 14.8 Å². The topological polar surface area (TPSA) is 71.3 Å². The standard InChI is InChI=1S/C21H23BrN2O3/c1-11-12(10-23)17(18-13(22)6-7-16(26-4)20(18)27-5)19-14(24-11)8-21(2,3)9-15(19)25/h6-7,17,24H,8-9H2,1-5H3. The molecule has 6 heteroatoms. The van der Waals surface area contributed by atoms with E-state index >= 15 is 0 Å². The Morgan fingerprint density at radius 2 is 1.96 bits per heavy atom. The number of rotatable bonds is 3. The lowest BCUT2D eigenvalue weighted by molar-refractivity contribution is -0.118. The van der Waals surface area contributed by atoms with Crippen LogP contribution in [0, 0.1) is 16.7 Å². The molecule has 2 aliphatic rings. The highest BCUT2D eigenvalue weighted by Crippen LogP contribution is 2.51. The van der Waals surface area contributed by atoms with Crippen molar-refractivity contribution in [3.8, 4) is 17.6 Å². The summed E-state index contributed by atoms with van der Waals surface area (Å²) in [6, 6.07) is 5.97. The van der Waals surface area contributed by atoms with Gasteiger partial charge in [-0.1, -0.05) is 29.8 Å². The maximum Gasteiger partial charge on any atom is 0.166 e. The smallest absolute Gasteiger partial charge is 0.166 e. The third kappa shape index (κ3) is 3.25. The number of nitrogens with one attached hydrogen (secondary N) is 1. The van der Waals surface area contributed by atoms with Crippen molar-refractivity contribution >= 4 is 21.7 Å². The van der Waals surface area contributed by atoms with E-state index in [0.29, 0.717) is 29.1 Å². The molecule has 0 saturated heterocycles. The van der Waals surface area contributed by atoms with Crippen LogP contribution in [0.1, 0.15) is 45.1 Å². The second-order valence-electron chi connectivity index (χ2n) is 7.74. The van der Waals surface area contributed by atoms with Crippen molar-refractivity contribution in [3.63, 3.8) is 0 Å². The Hall–Kier alpha value is -2.26. The predicted molar refractivity (Wildman–Crippen MR) is 106 cm³/mol. The van der Waals surface area contributed by atoms with Crippen molar-refractivity contribution in [1.82, 2.24) is 5.32 Å². The summed E-state index contributed by atoms with van der Waals surface area (Å²) in [5.41, 5.74) is 3.47. The second-order valence-corrected chi connectivity index (χ2v) is 8.59. The van der Waals surface area contributed by atoms with Crippen LogP contribution in [0.4, 0.5) is 0 Å². The molecule has 1 aliphatic carbocycles. The maximum absolute atomic E-state index is 13.1. The van der Waals surface area contributed by atoms with Crippen LogP contribution >= 0.6 is 15.9 Å². The molecule has 1 unspecified atom stereocenters. The van der Waals surface area contributed by atoms with Crippen LogP contribution in [0.3, 0.4) is 0 Å². The Labute approximate surface area is 168 Å². The van der Waals surface area contributed by atoms with Gasteiger partial charge in [0.2, 0.25) is 0 Å². The van der Waals surface area contributed by atoms with Gasteiger partial charge in [0.15, 0.2) is 17.3 Å². The fourth-order valence-corrected chi connectivity index (χ4v) is 4.61. The van der Waals surface area contributed by atoms with Gasteiger partial charge in [-0.15, -0.1) is 0 Å². The van der Waals surface area contributed by atoms with Crippen LogP contribution in [-0.4, -0.2) is 20.0 Å². The minimum absolute atomic E-state index is 0.0655. The fourth-order valence-electron chi connectivity index (χ4n) is 4.07. The average Bonchev–Trinajstić information content (AvgIpc) is 2.59. The number of hydrogen-bond acceptors (Lipinski definition) is 5. The summed E-state index contributed by atoms with van der Waals surface area (Å²) >= 11 is 3.60. The zero-order valence-electron chi connectivity index (χ0n) is 16.2. The first-order valence-electron chi connectivity index (χ1n) is 8.78. The highest BCUT2D eigenvalue weighted by molar-refractivity contribution is 9.10. The molecule has 0 bridgehead atoms. The van der Waals surface area contributed by atoms with Gasteiger partial charge in [0, 0.05) is 33.4 Å². The van der Waals surface area contributed by atoms with Crippen molar-refractivity contribution in [3.05, 3.63) is 44.7 Å². The number of ether oxygens (including phenoxy) is 2. The largest absolute Gasteiger partial charge is 0.493 e. The van der Waals surface area contributed by atoms with Crippen molar-refractivity contribution in [2.75, 3.05) is 14.2 Å². The van der Waals surface area contributed by atoms with E-state index in [0.717, 1.165) is 27.9 Å². The monoisotopic (exact) mass is 430 g/mol. The van der Waals surface area contributed by atoms with E-state index in [1.54, 1.807) is 20.3 Å². The van der Waals surface area contributed by atoms with Gasteiger partial charge in [0.1, 0.15) is 0 Å². The Balaban J connectivity index is 2.32. The molecule has 1 aromatic carbocycles. The molecule has 1 N–H and O–H groups in total. The first-order chi connectivity index (χ1) is 12.7. The summed E-state index contributed by atoms with van der Waals surface area (Å²) in [6.45, 7) is 6.06. The molecular weight excluding hydrogens is 408 g/mol. The minimum atomic E-state index is -0.491. The third-order valence-electron chi connectivity index (χ3n) is 5.18. The van der Waals surface area contributed by atoms with Crippen LogP contribution in [0.15, 0.2) is 39.1 Å². The van der Waals surface area contributed by atoms with Crippen molar-refractivity contribution in [2.45, 2.75) is 39.5 Å². The number of halogens is 1. The van der Waals surface area contributed by atoms with Crippen LogP contribution in [0.2, 0.25) is 0 Å². The van der Waals surface area contributed by atoms with Gasteiger partial charge in [-0.3, -0.25) is 4.79 Å². The fraction of sp³-hybridized carbons (Fsp3) is 0.429. The number of benzene rings is 1. The number of nitrogens with zero attached hydrogens (tertiary/aromatic N) is 1. The van der Waals surface area contributed by atoms with E-state index in [1.807, 2.05) is 13.0 Å². The zero-order valence-corrected chi connectivity index (χ0v) is 17.8. The molecule has 1 aliphatic heterocycles. The summed E-state index contributed by atoms with van der Waals surface area (Å²) in [7, 11) is 3.14. The number of carbonyl (C=O) groups excluding carboxylic acids is 1. The molecule has 5 nitrogen and oxygen atoms in total. The summed E-state index contributed by atoms with van der Waals surface area (Å²) in [5, 5.41) is 13.2. The molecule has 1 heterocycles. The zero-order chi connectivity index (χ0) is 19.9. The average molecular weight is 431 g/mol. The molecule has 142 valence electrons. The number of allylic oxidation sites excluding steroid dienone is 4. The Morgan fingerprint density at radius 3 is 2.56 bits per heavy atom. The Bertz CT molecular complexity index is 922. The van der Waals surface area contributed by atoms with E-state index in [9.17, 15) is 10.1 Å². The van der Waals surface area contributed by atoms with Gasteiger partial charge in [-0.05, 0) is 30.9 Å². The van der Waals surface area contributed by atoms with Crippen LogP contribution in [-0.2, 0) is 4.79 Å². The van der Waals surface area contributed by atoms with Crippen molar-refractivity contribution in [1.29, 1.82) is 5.26 Å². The lowest BCUT2D eigenvalue weighted by Crippen LogP contribution is -2.37. The molecule has 0 radical (unpaired) electrons. The number of hydrogen-bond donors (Lipinski definition) is 1. The maximum atomic E-state index is 13.1. The van der Waals surface area contributed by atoms with E-state index in [-0.39, 0.29) is 11.2 Å². The molecule has 0 amide bonds. The normalized spacial score (nSPS) is 21.4. The minimum Gasteiger partial charge on any atom is -0.493 e. The molecular formula is C21H23BrN2O3. The number of Topliss-reactive ketones (excluding diaryl/α,β-unsaturated/α-hetero) is 1. The number of dihydropyridines is 1. The molecule has 1 atom stereocenters. The van der Waals surface area contributed by atoms with Crippen LogP contribution in [0.5, 0.6) is 11.5 Å². The van der Waals surface area contributed by atoms with Gasteiger partial charge >= 0.3 is 0 Å². The van der Waals surface area contributed by atoms with Gasteiger partial charge < -0.3 is 14.8 Å². The summed E-state index contributed by atoms with van der Waals surface area (Å²) in [6.07, 6.45) is 1.20. The van der Waals surface area contributed by atoms with E-state index in [4.69, 9.17) is 9.47 Å². The predicted octanol–water partition coefficient (Wildman–Crippen LogP) is 4.59. The van der Waals surface area contributed by atoms with Gasteiger partial charge in [0.05, 0.1) is 31.8 Å². The molecule has 0 aromatic heterocycles. The van der Waals surface area contributed by atoms with Gasteiger partial charge in [-0.25, -0.2) is 0 Å².